The quantitative estimate of drug-likeness (QED) is 0.747. The third kappa shape index (κ3) is 2.71. The Bertz CT molecular complexity index is 324. The highest BCUT2D eigenvalue weighted by Gasteiger charge is 2.19. The highest BCUT2D eigenvalue weighted by molar-refractivity contribution is 7.80. The van der Waals surface area contributed by atoms with Crippen molar-refractivity contribution in [1.82, 2.24) is 10.2 Å². The number of carbonyl (C=O) groups excluding carboxylic acids is 1. The van der Waals surface area contributed by atoms with Gasteiger partial charge in [0.05, 0.1) is 10.9 Å². The smallest absolute Gasteiger partial charge is 0.236 e. The van der Waals surface area contributed by atoms with Gasteiger partial charge in [0.1, 0.15) is 5.51 Å². The first-order valence-corrected chi connectivity index (χ1v) is 5.30. The van der Waals surface area contributed by atoms with E-state index in [-0.39, 0.29) is 10.9 Å². The summed E-state index contributed by atoms with van der Waals surface area (Å²) in [5, 5.41) is 10.3. The number of hydrogen-bond acceptors (Lipinski definition) is 5. The van der Waals surface area contributed by atoms with Crippen LogP contribution in [0, 0.1) is 5.92 Å². The van der Waals surface area contributed by atoms with Crippen molar-refractivity contribution in [3.8, 4) is 0 Å². The van der Waals surface area contributed by atoms with Crippen LogP contribution in [0.1, 0.15) is 13.3 Å². The lowest BCUT2D eigenvalue weighted by atomic mass is 10.1. The van der Waals surface area contributed by atoms with E-state index in [1.807, 2.05) is 6.92 Å². The van der Waals surface area contributed by atoms with Gasteiger partial charge in [0.25, 0.3) is 0 Å². The van der Waals surface area contributed by atoms with E-state index in [1.165, 1.54) is 16.8 Å². The lowest BCUT2D eigenvalue weighted by Crippen LogP contribution is -2.32. The van der Waals surface area contributed by atoms with E-state index >= 15 is 0 Å². The predicted molar refractivity (Wildman–Crippen MR) is 59.1 cm³/mol. The minimum absolute atomic E-state index is 0.203. The minimum Gasteiger partial charge on any atom is -0.393 e. The standard InChI is InChI=1S/C7H10N4OS2/c1-2-4(5(8)13)6(12)10-7-11-9-3-14-7/h3-4H,2H2,1H3,(H2,8,13)(H,10,11,12). The number of nitrogens with two attached hydrogens (primary N) is 1. The third-order valence-corrected chi connectivity index (χ3v) is 2.55. The van der Waals surface area contributed by atoms with Gasteiger partial charge in [0, 0.05) is 0 Å². The van der Waals surface area contributed by atoms with Crippen molar-refractivity contribution in [3.05, 3.63) is 5.51 Å². The van der Waals surface area contributed by atoms with Gasteiger partial charge in [-0.2, -0.15) is 0 Å². The van der Waals surface area contributed by atoms with Crippen molar-refractivity contribution in [2.45, 2.75) is 13.3 Å². The zero-order chi connectivity index (χ0) is 10.6. The summed E-state index contributed by atoms with van der Waals surface area (Å²) >= 11 is 6.02. The molecular weight excluding hydrogens is 220 g/mol. The van der Waals surface area contributed by atoms with Crippen molar-refractivity contribution in [2.75, 3.05) is 5.32 Å². The first kappa shape index (κ1) is 11.0. The van der Waals surface area contributed by atoms with E-state index in [9.17, 15) is 4.79 Å². The molecule has 5 nitrogen and oxygen atoms in total. The van der Waals surface area contributed by atoms with Gasteiger partial charge in [0.2, 0.25) is 11.0 Å². The van der Waals surface area contributed by atoms with E-state index in [1.54, 1.807) is 0 Å². The van der Waals surface area contributed by atoms with Gasteiger partial charge >= 0.3 is 0 Å². The van der Waals surface area contributed by atoms with Gasteiger partial charge in [-0.05, 0) is 6.42 Å². The SMILES string of the molecule is CCC(C(=O)Nc1nncs1)C(N)=S. The molecule has 0 aliphatic carbocycles. The molecule has 0 radical (unpaired) electrons. The lowest BCUT2D eigenvalue weighted by molar-refractivity contribution is -0.118. The summed E-state index contributed by atoms with van der Waals surface area (Å²) in [5.74, 6) is -0.661. The van der Waals surface area contributed by atoms with Crippen LogP contribution < -0.4 is 11.1 Å². The molecule has 1 rings (SSSR count). The van der Waals surface area contributed by atoms with Crippen molar-refractivity contribution >= 4 is 39.6 Å². The zero-order valence-electron chi connectivity index (χ0n) is 7.56. The number of aromatic nitrogens is 2. The van der Waals surface area contributed by atoms with Crippen LogP contribution in [0.4, 0.5) is 5.13 Å². The van der Waals surface area contributed by atoms with Crippen LogP contribution in [0.2, 0.25) is 0 Å². The number of nitrogens with one attached hydrogen (secondary N) is 1. The van der Waals surface area contributed by atoms with Crippen LogP contribution in [0.25, 0.3) is 0 Å². The van der Waals surface area contributed by atoms with E-state index < -0.39 is 5.92 Å². The molecule has 1 atom stereocenters. The Balaban J connectivity index is 2.61. The lowest BCUT2D eigenvalue weighted by Gasteiger charge is -2.10. The van der Waals surface area contributed by atoms with E-state index in [0.717, 1.165) is 0 Å². The van der Waals surface area contributed by atoms with Gasteiger partial charge in [-0.15, -0.1) is 10.2 Å². The Labute approximate surface area is 90.7 Å². The third-order valence-electron chi connectivity index (χ3n) is 1.66. The summed E-state index contributed by atoms with van der Waals surface area (Å²) in [6.45, 7) is 1.85. The predicted octanol–water partition coefficient (Wildman–Crippen LogP) is 0.789. The molecule has 0 aromatic carbocycles. The first-order valence-electron chi connectivity index (χ1n) is 4.01. The second kappa shape index (κ2) is 4.97. The highest BCUT2D eigenvalue weighted by Crippen LogP contribution is 2.11. The van der Waals surface area contributed by atoms with Gasteiger partial charge in [0.15, 0.2) is 0 Å². The zero-order valence-corrected chi connectivity index (χ0v) is 9.19. The number of rotatable bonds is 4. The van der Waals surface area contributed by atoms with Crippen molar-refractivity contribution in [3.63, 3.8) is 0 Å². The maximum Gasteiger partial charge on any atom is 0.236 e. The Morgan fingerprint density at radius 2 is 2.57 bits per heavy atom. The van der Waals surface area contributed by atoms with Gasteiger partial charge < -0.3 is 5.73 Å². The van der Waals surface area contributed by atoms with Gasteiger partial charge in [-0.3, -0.25) is 10.1 Å². The molecule has 0 saturated heterocycles. The molecular formula is C7H10N4OS2. The normalized spacial score (nSPS) is 12.1. The molecule has 14 heavy (non-hydrogen) atoms. The maximum absolute atomic E-state index is 11.5. The van der Waals surface area contributed by atoms with Crippen LogP contribution in [0.3, 0.4) is 0 Å². The monoisotopic (exact) mass is 230 g/mol. The summed E-state index contributed by atoms with van der Waals surface area (Å²) in [4.78, 5) is 11.7. The molecule has 0 bridgehead atoms. The molecule has 7 heteroatoms. The number of thiocarbonyl (C=S) groups is 1. The number of hydrogen-bond donors (Lipinski definition) is 2. The Morgan fingerprint density at radius 1 is 1.86 bits per heavy atom. The van der Waals surface area contributed by atoms with Crippen LogP contribution in [-0.2, 0) is 4.79 Å². The fourth-order valence-electron chi connectivity index (χ4n) is 0.936. The highest BCUT2D eigenvalue weighted by atomic mass is 32.1. The number of amides is 1. The molecule has 3 N–H and O–H groups in total. The molecule has 1 amide bonds. The van der Waals surface area contributed by atoms with Crippen molar-refractivity contribution < 1.29 is 4.79 Å². The Morgan fingerprint density at radius 3 is 3.00 bits per heavy atom. The summed E-state index contributed by atoms with van der Waals surface area (Å²) in [6.07, 6.45) is 0.583. The Kier molecular flexibility index (Phi) is 3.90. The summed E-state index contributed by atoms with van der Waals surface area (Å²) < 4.78 is 0. The van der Waals surface area contributed by atoms with Crippen molar-refractivity contribution in [1.29, 1.82) is 0 Å². The molecule has 1 heterocycles. The molecule has 0 spiro atoms. The molecule has 0 aliphatic heterocycles. The van der Waals surface area contributed by atoms with Crippen LogP contribution >= 0.6 is 23.6 Å². The second-order valence-corrected chi connectivity index (χ2v) is 3.90. The van der Waals surface area contributed by atoms with E-state index in [0.29, 0.717) is 11.6 Å². The average molecular weight is 230 g/mol. The van der Waals surface area contributed by atoms with E-state index in [4.69, 9.17) is 18.0 Å². The average Bonchev–Trinajstić information content (AvgIpc) is 2.57. The summed E-state index contributed by atoms with van der Waals surface area (Å²) in [5.41, 5.74) is 6.95. The molecule has 76 valence electrons. The maximum atomic E-state index is 11.5. The molecule has 1 aromatic heterocycles. The first-order chi connectivity index (χ1) is 6.65. The molecule has 1 unspecified atom stereocenters. The van der Waals surface area contributed by atoms with Crippen molar-refractivity contribution in [2.24, 2.45) is 11.7 Å². The Hall–Kier alpha value is -1.08. The van der Waals surface area contributed by atoms with Gasteiger partial charge in [-0.25, -0.2) is 0 Å². The second-order valence-electron chi connectivity index (χ2n) is 2.60. The minimum atomic E-state index is -0.436. The summed E-state index contributed by atoms with van der Waals surface area (Å²) in [7, 11) is 0. The van der Waals surface area contributed by atoms with E-state index in [2.05, 4.69) is 15.5 Å². The van der Waals surface area contributed by atoms with Crippen LogP contribution in [-0.4, -0.2) is 21.1 Å². The summed E-state index contributed by atoms with van der Waals surface area (Å²) in [6, 6.07) is 0. The van der Waals surface area contributed by atoms with Crippen LogP contribution in [0.5, 0.6) is 0 Å². The number of nitrogens with zero attached hydrogens (tertiary/aromatic N) is 2. The fraction of sp³-hybridized carbons (Fsp3) is 0.429. The number of anilines is 1. The topological polar surface area (TPSA) is 80.9 Å². The van der Waals surface area contributed by atoms with Gasteiger partial charge in [-0.1, -0.05) is 30.5 Å². The number of carbonyl (C=O) groups is 1. The fourth-order valence-corrected chi connectivity index (χ4v) is 1.66. The molecule has 0 saturated carbocycles. The largest absolute Gasteiger partial charge is 0.393 e. The molecule has 1 aromatic rings. The molecule has 0 aliphatic rings. The van der Waals surface area contributed by atoms with Crippen LogP contribution in [0.15, 0.2) is 5.51 Å². The molecule has 0 fully saturated rings.